The van der Waals surface area contributed by atoms with E-state index >= 15 is 0 Å². The average Bonchev–Trinajstić information content (AvgIpc) is 3.39. The molecule has 0 N–H and O–H groups in total. The zero-order valence-corrected chi connectivity index (χ0v) is 20.5. The van der Waals surface area contributed by atoms with Crippen LogP contribution in [0, 0.1) is 6.92 Å². The van der Waals surface area contributed by atoms with Crippen LogP contribution in [-0.4, -0.2) is 51.5 Å². The van der Waals surface area contributed by atoms with E-state index in [4.69, 9.17) is 11.6 Å². The molecular formula is C25H33ClN4O2. The Labute approximate surface area is 195 Å². The van der Waals surface area contributed by atoms with E-state index in [1.54, 1.807) is 11.6 Å². The fourth-order valence-electron chi connectivity index (χ4n) is 5.18. The average molecular weight is 457 g/mol. The normalized spacial score (nSPS) is 17.3. The molecule has 1 saturated heterocycles. The Kier molecular flexibility index (Phi) is 6.10. The van der Waals surface area contributed by atoms with Crippen molar-refractivity contribution in [3.63, 3.8) is 0 Å². The number of carbonyl (C=O) groups excluding carboxylic acids is 2. The third-order valence-electron chi connectivity index (χ3n) is 6.99. The lowest BCUT2D eigenvalue weighted by Gasteiger charge is -2.43. The van der Waals surface area contributed by atoms with Crippen molar-refractivity contribution >= 4 is 29.0 Å². The van der Waals surface area contributed by atoms with Gasteiger partial charge in [0.05, 0.1) is 5.54 Å². The number of aromatic nitrogens is 2. The number of hydrogen-bond acceptors (Lipinski definition) is 4. The minimum atomic E-state index is -0.103. The number of Topliss-reactive ketones (excluding diaryl/α,β-unsaturated/α-hetero) is 1. The molecule has 0 bridgehead atoms. The van der Waals surface area contributed by atoms with E-state index in [1.807, 2.05) is 12.1 Å². The Bertz CT molecular complexity index is 1050. The second-order valence-electron chi connectivity index (χ2n) is 9.51. The van der Waals surface area contributed by atoms with E-state index < -0.39 is 0 Å². The third-order valence-corrected chi connectivity index (χ3v) is 7.40. The van der Waals surface area contributed by atoms with Crippen LogP contribution in [0.4, 0.5) is 5.69 Å². The molecular weight excluding hydrogens is 424 g/mol. The Hall–Kier alpha value is -2.34. The number of rotatable bonds is 6. The molecule has 6 nitrogen and oxygen atoms in total. The molecule has 0 radical (unpaired) electrons. The van der Waals surface area contributed by atoms with Crippen LogP contribution in [-0.2, 0) is 17.8 Å². The Balaban J connectivity index is 1.55. The highest BCUT2D eigenvalue weighted by Gasteiger charge is 2.53. The number of benzene rings is 1. The molecule has 1 aliphatic heterocycles. The van der Waals surface area contributed by atoms with Crippen molar-refractivity contribution in [1.82, 2.24) is 14.7 Å². The van der Waals surface area contributed by atoms with Gasteiger partial charge in [0.1, 0.15) is 12.2 Å². The van der Waals surface area contributed by atoms with Crippen LogP contribution >= 0.6 is 11.6 Å². The maximum atomic E-state index is 13.5. The molecule has 2 aliphatic rings. The monoisotopic (exact) mass is 456 g/mol. The standard InChI is InChI=1S/C25H33ClN4O2/c1-6-20-23(16(2)3)24(18(5)31)27-30(20)14-22(32)29-13-12-28(15-25(29)10-11-25)21-9-7-8-19(26)17(21)4/h7-9,16H,6,10-15H2,1-5H3. The van der Waals surface area contributed by atoms with Crippen LogP contribution < -0.4 is 4.90 Å². The summed E-state index contributed by atoms with van der Waals surface area (Å²) < 4.78 is 1.78. The summed E-state index contributed by atoms with van der Waals surface area (Å²) >= 11 is 6.35. The van der Waals surface area contributed by atoms with Crippen molar-refractivity contribution in [1.29, 1.82) is 0 Å². The van der Waals surface area contributed by atoms with Crippen molar-refractivity contribution < 1.29 is 9.59 Å². The predicted molar refractivity (Wildman–Crippen MR) is 128 cm³/mol. The van der Waals surface area contributed by atoms with Crippen LogP contribution in [0.5, 0.6) is 0 Å². The molecule has 1 aliphatic carbocycles. The largest absolute Gasteiger partial charge is 0.367 e. The molecule has 2 fully saturated rings. The zero-order valence-electron chi connectivity index (χ0n) is 19.7. The molecule has 32 heavy (non-hydrogen) atoms. The van der Waals surface area contributed by atoms with Gasteiger partial charge >= 0.3 is 0 Å². The number of ketones is 1. The Morgan fingerprint density at radius 3 is 2.53 bits per heavy atom. The third kappa shape index (κ3) is 3.94. The van der Waals surface area contributed by atoms with Gasteiger partial charge in [-0.25, -0.2) is 0 Å². The summed E-state index contributed by atoms with van der Waals surface area (Å²) in [6, 6.07) is 6.02. The number of piperazine rings is 1. The van der Waals surface area contributed by atoms with Crippen LogP contribution in [0.15, 0.2) is 18.2 Å². The topological polar surface area (TPSA) is 58.4 Å². The number of anilines is 1. The van der Waals surface area contributed by atoms with E-state index in [1.165, 1.54) is 0 Å². The van der Waals surface area contributed by atoms with Gasteiger partial charge in [-0.05, 0) is 49.8 Å². The first kappa shape index (κ1) is 22.8. The molecule has 0 unspecified atom stereocenters. The number of carbonyl (C=O) groups is 2. The Morgan fingerprint density at radius 2 is 1.94 bits per heavy atom. The molecule has 172 valence electrons. The first-order valence-electron chi connectivity index (χ1n) is 11.6. The SMILES string of the molecule is CCc1c(C(C)C)c(C(C)=O)nn1CC(=O)N1CCN(c2cccc(Cl)c2C)CC12CC2. The summed E-state index contributed by atoms with van der Waals surface area (Å²) in [5.74, 6) is 0.235. The first-order valence-corrected chi connectivity index (χ1v) is 12.0. The Morgan fingerprint density at radius 1 is 1.22 bits per heavy atom. The van der Waals surface area contributed by atoms with Gasteiger partial charge in [0.2, 0.25) is 5.91 Å². The smallest absolute Gasteiger partial charge is 0.244 e. The molecule has 1 aromatic heterocycles. The number of hydrogen-bond donors (Lipinski definition) is 0. The van der Waals surface area contributed by atoms with Gasteiger partial charge in [-0.15, -0.1) is 0 Å². The van der Waals surface area contributed by atoms with Crippen molar-refractivity contribution in [2.45, 2.75) is 71.9 Å². The van der Waals surface area contributed by atoms with E-state index in [0.717, 1.165) is 59.9 Å². The minimum Gasteiger partial charge on any atom is -0.367 e. The van der Waals surface area contributed by atoms with Crippen LogP contribution in [0.3, 0.4) is 0 Å². The lowest BCUT2D eigenvalue weighted by Crippen LogP contribution is -2.58. The number of amides is 1. The van der Waals surface area contributed by atoms with E-state index in [0.29, 0.717) is 12.2 Å². The van der Waals surface area contributed by atoms with Gasteiger partial charge in [-0.1, -0.05) is 38.4 Å². The van der Waals surface area contributed by atoms with E-state index in [9.17, 15) is 9.59 Å². The molecule has 0 atom stereocenters. The fourth-order valence-corrected chi connectivity index (χ4v) is 5.35. The molecule has 1 amide bonds. The van der Waals surface area contributed by atoms with Gasteiger partial charge < -0.3 is 9.80 Å². The lowest BCUT2D eigenvalue weighted by atomic mass is 9.97. The van der Waals surface area contributed by atoms with Crippen molar-refractivity contribution in [2.24, 2.45) is 0 Å². The van der Waals surface area contributed by atoms with E-state index in [-0.39, 0.29) is 29.7 Å². The van der Waals surface area contributed by atoms with Crippen LogP contribution in [0.1, 0.15) is 73.8 Å². The van der Waals surface area contributed by atoms with Crippen molar-refractivity contribution in [3.05, 3.63) is 45.7 Å². The molecule has 2 heterocycles. The zero-order chi connectivity index (χ0) is 23.2. The van der Waals surface area contributed by atoms with Gasteiger partial charge in [-0.3, -0.25) is 14.3 Å². The van der Waals surface area contributed by atoms with Crippen molar-refractivity contribution in [3.8, 4) is 0 Å². The summed E-state index contributed by atoms with van der Waals surface area (Å²) in [6.45, 7) is 12.3. The predicted octanol–water partition coefficient (Wildman–Crippen LogP) is 4.61. The maximum absolute atomic E-state index is 13.5. The molecule has 1 spiro atoms. The number of halogens is 1. The highest BCUT2D eigenvalue weighted by Crippen LogP contribution is 2.46. The highest BCUT2D eigenvalue weighted by molar-refractivity contribution is 6.31. The van der Waals surface area contributed by atoms with Crippen LogP contribution in [0.2, 0.25) is 5.02 Å². The summed E-state index contributed by atoms with van der Waals surface area (Å²) in [6.07, 6.45) is 2.78. The van der Waals surface area contributed by atoms with Crippen molar-refractivity contribution in [2.75, 3.05) is 24.5 Å². The summed E-state index contributed by atoms with van der Waals surface area (Å²) in [5, 5.41) is 5.36. The second kappa shape index (κ2) is 8.54. The molecule has 4 rings (SSSR count). The summed E-state index contributed by atoms with van der Waals surface area (Å²) in [5.41, 5.74) is 4.63. The van der Waals surface area contributed by atoms with E-state index in [2.05, 4.69) is 48.7 Å². The van der Waals surface area contributed by atoms with Gasteiger partial charge in [0, 0.05) is 48.5 Å². The van der Waals surface area contributed by atoms with Gasteiger partial charge in [0.25, 0.3) is 0 Å². The molecule has 1 saturated carbocycles. The lowest BCUT2D eigenvalue weighted by molar-refractivity contribution is -0.135. The number of nitrogens with zero attached hydrogens (tertiary/aromatic N) is 4. The molecule has 2 aromatic rings. The fraction of sp³-hybridized carbons (Fsp3) is 0.560. The maximum Gasteiger partial charge on any atom is 0.244 e. The second-order valence-corrected chi connectivity index (χ2v) is 9.91. The highest BCUT2D eigenvalue weighted by atomic mass is 35.5. The van der Waals surface area contributed by atoms with Gasteiger partial charge in [-0.2, -0.15) is 5.10 Å². The quantitative estimate of drug-likeness (QED) is 0.595. The van der Waals surface area contributed by atoms with Crippen LogP contribution in [0.25, 0.3) is 0 Å². The molecule has 1 aromatic carbocycles. The summed E-state index contributed by atoms with van der Waals surface area (Å²) in [4.78, 5) is 30.1. The molecule has 7 heteroatoms. The van der Waals surface area contributed by atoms with Gasteiger partial charge in [0.15, 0.2) is 5.78 Å². The first-order chi connectivity index (χ1) is 15.2. The minimum absolute atomic E-state index is 0.0428. The summed E-state index contributed by atoms with van der Waals surface area (Å²) in [7, 11) is 0.